The van der Waals surface area contributed by atoms with Crippen molar-refractivity contribution in [3.63, 3.8) is 0 Å². The molecule has 0 saturated heterocycles. The lowest BCUT2D eigenvalue weighted by atomic mass is 9.85. The number of benzene rings is 2. The van der Waals surface area contributed by atoms with Crippen molar-refractivity contribution in [2.75, 3.05) is 0 Å². The quantitative estimate of drug-likeness (QED) is 0.465. The van der Waals surface area contributed by atoms with Crippen molar-refractivity contribution in [3.8, 4) is 0 Å². The van der Waals surface area contributed by atoms with Crippen molar-refractivity contribution in [2.45, 2.75) is 25.8 Å². The smallest absolute Gasteiger partial charge is 0.165 e. The fourth-order valence-electron chi connectivity index (χ4n) is 4.20. The van der Waals surface area contributed by atoms with Gasteiger partial charge in [0.25, 0.3) is 0 Å². The van der Waals surface area contributed by atoms with E-state index >= 15 is 0 Å². The second kappa shape index (κ2) is 7.32. The first-order chi connectivity index (χ1) is 14.5. The Balaban J connectivity index is 1.56. The standard InChI is InChI=1S/C23H18BrFN4O/c1-13-8-18-11-21(24)28-29(18)23(15-3-5-17(25)6-4-15)22(13)20(30)10-14-2-7-19-16(9-14)12-26-27-19/h2-7,9,11-12,23H,8,10H2,1H3,(H,26,27). The molecule has 1 aliphatic rings. The van der Waals surface area contributed by atoms with E-state index in [1.807, 2.05) is 35.9 Å². The van der Waals surface area contributed by atoms with E-state index in [0.29, 0.717) is 6.42 Å². The molecule has 0 fully saturated rings. The van der Waals surface area contributed by atoms with Crippen molar-refractivity contribution >= 4 is 32.6 Å². The monoisotopic (exact) mass is 464 g/mol. The van der Waals surface area contributed by atoms with Gasteiger partial charge in [-0.15, -0.1) is 0 Å². The summed E-state index contributed by atoms with van der Waals surface area (Å²) in [6.45, 7) is 1.99. The molecule has 2 aromatic heterocycles. The van der Waals surface area contributed by atoms with Crippen LogP contribution in [0.15, 0.2) is 70.5 Å². The molecule has 30 heavy (non-hydrogen) atoms. The predicted molar refractivity (Wildman–Crippen MR) is 116 cm³/mol. The molecule has 1 unspecified atom stereocenters. The zero-order chi connectivity index (χ0) is 20.8. The number of hydrogen-bond donors (Lipinski definition) is 1. The first-order valence-corrected chi connectivity index (χ1v) is 10.4. The summed E-state index contributed by atoms with van der Waals surface area (Å²) in [5.41, 5.74) is 5.45. The molecule has 3 heterocycles. The molecular formula is C23H18BrFN4O. The van der Waals surface area contributed by atoms with Crippen LogP contribution in [0.1, 0.15) is 29.8 Å². The fourth-order valence-corrected chi connectivity index (χ4v) is 4.64. The second-order valence-corrected chi connectivity index (χ2v) is 8.43. The Morgan fingerprint density at radius 3 is 2.83 bits per heavy atom. The molecule has 0 amide bonds. The molecule has 4 aromatic rings. The maximum Gasteiger partial charge on any atom is 0.165 e. The van der Waals surface area contributed by atoms with E-state index in [0.717, 1.165) is 43.5 Å². The molecule has 1 N–H and O–H groups in total. The number of carbonyl (C=O) groups excluding carboxylic acids is 1. The van der Waals surface area contributed by atoms with E-state index < -0.39 is 0 Å². The van der Waals surface area contributed by atoms with E-state index in [9.17, 15) is 9.18 Å². The van der Waals surface area contributed by atoms with Gasteiger partial charge in [-0.2, -0.15) is 10.2 Å². The summed E-state index contributed by atoms with van der Waals surface area (Å²) in [7, 11) is 0. The number of nitrogens with zero attached hydrogens (tertiary/aromatic N) is 3. The molecule has 0 saturated carbocycles. The van der Waals surface area contributed by atoms with Crippen LogP contribution in [0, 0.1) is 5.82 Å². The lowest BCUT2D eigenvalue weighted by Crippen LogP contribution is -2.28. The van der Waals surface area contributed by atoms with E-state index in [4.69, 9.17) is 0 Å². The van der Waals surface area contributed by atoms with Crippen LogP contribution in [-0.4, -0.2) is 25.8 Å². The van der Waals surface area contributed by atoms with Crippen molar-refractivity contribution in [1.29, 1.82) is 0 Å². The fraction of sp³-hybridized carbons (Fsp3) is 0.174. The minimum absolute atomic E-state index is 0.0435. The summed E-state index contributed by atoms with van der Waals surface area (Å²) in [5, 5.41) is 12.5. The molecular weight excluding hydrogens is 447 g/mol. The number of allylic oxidation sites excluding steroid dienone is 2. The van der Waals surface area contributed by atoms with Crippen LogP contribution in [0.4, 0.5) is 4.39 Å². The number of aromatic nitrogens is 4. The highest BCUT2D eigenvalue weighted by Gasteiger charge is 2.32. The number of H-pyrrole nitrogens is 1. The van der Waals surface area contributed by atoms with Gasteiger partial charge >= 0.3 is 0 Å². The van der Waals surface area contributed by atoms with Gasteiger partial charge in [0.05, 0.1) is 11.7 Å². The number of nitrogens with one attached hydrogen (secondary N) is 1. The predicted octanol–water partition coefficient (Wildman–Crippen LogP) is 4.93. The number of fused-ring (bicyclic) bond motifs is 2. The molecule has 0 aliphatic carbocycles. The number of aromatic amines is 1. The molecule has 7 heteroatoms. The lowest BCUT2D eigenvalue weighted by Gasteiger charge is -2.29. The second-order valence-electron chi connectivity index (χ2n) is 7.62. The van der Waals surface area contributed by atoms with Crippen molar-refractivity contribution < 1.29 is 9.18 Å². The summed E-state index contributed by atoms with van der Waals surface area (Å²) in [4.78, 5) is 13.5. The van der Waals surface area contributed by atoms with Gasteiger partial charge in [0, 0.05) is 29.5 Å². The summed E-state index contributed by atoms with van der Waals surface area (Å²) in [6.07, 6.45) is 2.69. The number of carbonyl (C=O) groups is 1. The third-order valence-corrected chi connectivity index (χ3v) is 5.95. The van der Waals surface area contributed by atoms with Crippen LogP contribution in [0.3, 0.4) is 0 Å². The Morgan fingerprint density at radius 2 is 2.03 bits per heavy atom. The first-order valence-electron chi connectivity index (χ1n) is 9.64. The number of Topliss-reactive ketones (excluding diaryl/α,β-unsaturated/α-hetero) is 1. The van der Waals surface area contributed by atoms with Gasteiger partial charge < -0.3 is 0 Å². The van der Waals surface area contributed by atoms with Crippen LogP contribution in [-0.2, 0) is 17.6 Å². The molecule has 1 aliphatic heterocycles. The van der Waals surface area contributed by atoms with Gasteiger partial charge in [-0.25, -0.2) is 4.39 Å². The van der Waals surface area contributed by atoms with Gasteiger partial charge in [0.1, 0.15) is 16.5 Å². The Labute approximate surface area is 180 Å². The summed E-state index contributed by atoms with van der Waals surface area (Å²) in [6, 6.07) is 13.7. The van der Waals surface area contributed by atoms with Crippen molar-refractivity contribution in [2.24, 2.45) is 0 Å². The summed E-state index contributed by atoms with van der Waals surface area (Å²) in [5.74, 6) is -0.264. The maximum absolute atomic E-state index is 13.6. The van der Waals surface area contributed by atoms with Crippen LogP contribution < -0.4 is 0 Å². The molecule has 5 nitrogen and oxygen atoms in total. The Kier molecular flexibility index (Phi) is 4.62. The minimum atomic E-state index is -0.384. The molecule has 0 spiro atoms. The van der Waals surface area contributed by atoms with E-state index in [1.165, 1.54) is 12.1 Å². The highest BCUT2D eigenvalue weighted by molar-refractivity contribution is 9.10. The van der Waals surface area contributed by atoms with Crippen LogP contribution >= 0.6 is 15.9 Å². The van der Waals surface area contributed by atoms with E-state index in [2.05, 4.69) is 31.2 Å². The van der Waals surface area contributed by atoms with Gasteiger partial charge in [0.15, 0.2) is 5.78 Å². The first kappa shape index (κ1) is 18.9. The maximum atomic E-state index is 13.6. The summed E-state index contributed by atoms with van der Waals surface area (Å²) < 4.78 is 16.1. The van der Waals surface area contributed by atoms with Crippen LogP contribution in [0.5, 0.6) is 0 Å². The Morgan fingerprint density at radius 1 is 1.23 bits per heavy atom. The van der Waals surface area contributed by atoms with Gasteiger partial charge in [-0.3, -0.25) is 14.6 Å². The lowest BCUT2D eigenvalue weighted by molar-refractivity contribution is -0.115. The minimum Gasteiger partial charge on any atom is -0.294 e. The average molecular weight is 465 g/mol. The number of ketones is 1. The van der Waals surface area contributed by atoms with Crippen molar-refractivity contribution in [3.05, 3.63) is 93.1 Å². The molecule has 150 valence electrons. The zero-order valence-corrected chi connectivity index (χ0v) is 17.8. The van der Waals surface area contributed by atoms with Gasteiger partial charge in [-0.05, 0) is 64.3 Å². The zero-order valence-electron chi connectivity index (χ0n) is 16.2. The third-order valence-electron chi connectivity index (χ3n) is 5.56. The normalized spacial score (nSPS) is 16.2. The molecule has 2 aromatic carbocycles. The van der Waals surface area contributed by atoms with E-state index in [1.54, 1.807) is 18.3 Å². The Bertz CT molecular complexity index is 1300. The number of rotatable bonds is 4. The van der Waals surface area contributed by atoms with Crippen LogP contribution in [0.2, 0.25) is 0 Å². The number of halogens is 2. The topological polar surface area (TPSA) is 63.6 Å². The van der Waals surface area contributed by atoms with Gasteiger partial charge in [-0.1, -0.05) is 23.8 Å². The molecule has 0 bridgehead atoms. The molecule has 5 rings (SSSR count). The average Bonchev–Trinajstić information content (AvgIpc) is 3.32. The largest absolute Gasteiger partial charge is 0.294 e. The number of hydrogen-bond acceptors (Lipinski definition) is 3. The molecule has 1 atom stereocenters. The van der Waals surface area contributed by atoms with Gasteiger partial charge in [0.2, 0.25) is 0 Å². The summed E-state index contributed by atoms with van der Waals surface area (Å²) >= 11 is 3.45. The third kappa shape index (κ3) is 3.29. The molecule has 0 radical (unpaired) electrons. The highest BCUT2D eigenvalue weighted by atomic mass is 79.9. The van der Waals surface area contributed by atoms with E-state index in [-0.39, 0.29) is 24.1 Å². The Hall–Kier alpha value is -3.06. The highest BCUT2D eigenvalue weighted by Crippen LogP contribution is 2.37. The van der Waals surface area contributed by atoms with Crippen LogP contribution in [0.25, 0.3) is 10.9 Å². The SMILES string of the molecule is CC1=C(C(=O)Cc2ccc3[nH]ncc3c2)C(c2ccc(F)cc2)n2nc(Br)cc2C1. The van der Waals surface area contributed by atoms with Crippen molar-refractivity contribution in [1.82, 2.24) is 20.0 Å².